The smallest absolute Gasteiger partial charge is 0.251 e. The fraction of sp³-hybridized carbons (Fsp3) is 0.710. The molecule has 0 radical (unpaired) electrons. The molecule has 11 heteroatoms. The highest BCUT2D eigenvalue weighted by atomic mass is 16.6. The number of hydrogen-bond donors (Lipinski definition) is 3. The molecule has 1 heterocycles. The Bertz CT molecular complexity index is 979. The first-order valence-corrected chi connectivity index (χ1v) is 14.8. The number of nitrogens with one attached hydrogen (secondary N) is 2. The largest absolute Gasteiger partial charge is 0.379 e. The monoisotopic (exact) mass is 592 g/mol. The summed E-state index contributed by atoms with van der Waals surface area (Å²) in [5.74, 6) is -0.703. The highest BCUT2D eigenvalue weighted by molar-refractivity contribution is 5.83. The Morgan fingerprint density at radius 1 is 1.02 bits per heavy atom. The van der Waals surface area contributed by atoms with E-state index in [0.717, 1.165) is 12.0 Å². The summed E-state index contributed by atoms with van der Waals surface area (Å²) in [6.07, 6.45) is -1.73. The van der Waals surface area contributed by atoms with E-state index in [4.69, 9.17) is 24.7 Å². The maximum atomic E-state index is 13.1. The Hall–Kier alpha value is -2.57. The van der Waals surface area contributed by atoms with E-state index in [2.05, 4.69) is 10.6 Å². The Balaban J connectivity index is 2.02. The lowest BCUT2D eigenvalue weighted by Crippen LogP contribution is -2.55. The van der Waals surface area contributed by atoms with Crippen molar-refractivity contribution in [1.29, 1.82) is 0 Å². The number of nitrogens with two attached hydrogens (primary N) is 1. The number of methoxy groups -OCH3 is 3. The van der Waals surface area contributed by atoms with Crippen LogP contribution in [-0.2, 0) is 39.8 Å². The predicted molar refractivity (Wildman–Crippen MR) is 161 cm³/mol. The van der Waals surface area contributed by atoms with Gasteiger partial charge in [-0.05, 0) is 23.8 Å². The average Bonchev–Trinajstić information content (AvgIpc) is 3.36. The minimum absolute atomic E-state index is 0.0207. The summed E-state index contributed by atoms with van der Waals surface area (Å²) in [4.78, 5) is 40.8. The van der Waals surface area contributed by atoms with Gasteiger partial charge in [0.05, 0.1) is 24.6 Å². The van der Waals surface area contributed by atoms with E-state index in [1.54, 1.807) is 19.1 Å². The van der Waals surface area contributed by atoms with E-state index < -0.39 is 36.6 Å². The molecule has 2 rings (SSSR count). The van der Waals surface area contributed by atoms with Gasteiger partial charge in [-0.2, -0.15) is 0 Å². The molecule has 2 unspecified atom stereocenters. The zero-order valence-electron chi connectivity index (χ0n) is 26.5. The fourth-order valence-electron chi connectivity index (χ4n) is 5.44. The van der Waals surface area contributed by atoms with Gasteiger partial charge in [0.1, 0.15) is 18.3 Å². The summed E-state index contributed by atoms with van der Waals surface area (Å²) < 4.78 is 23.1. The summed E-state index contributed by atoms with van der Waals surface area (Å²) in [7, 11) is 6.29. The second-order valence-electron chi connectivity index (χ2n) is 11.4. The molecular weight excluding hydrogens is 540 g/mol. The molecule has 0 bridgehead atoms. The number of likely N-dealkylation sites (N-methyl/N-ethyl adjacent to an activating group) is 1. The lowest BCUT2D eigenvalue weighted by molar-refractivity contribution is -0.141. The fourth-order valence-corrected chi connectivity index (χ4v) is 5.44. The van der Waals surface area contributed by atoms with Gasteiger partial charge in [0.2, 0.25) is 11.8 Å². The van der Waals surface area contributed by atoms with Crippen LogP contribution in [0.2, 0.25) is 0 Å². The van der Waals surface area contributed by atoms with E-state index >= 15 is 0 Å². The summed E-state index contributed by atoms with van der Waals surface area (Å²) in [5.41, 5.74) is 7.28. The summed E-state index contributed by atoms with van der Waals surface area (Å²) in [6.45, 7) is 8.44. The van der Waals surface area contributed by atoms with Gasteiger partial charge in [-0.15, -0.1) is 0 Å². The number of amides is 3. The molecule has 11 nitrogen and oxygen atoms in total. The van der Waals surface area contributed by atoms with Crippen LogP contribution < -0.4 is 16.4 Å². The van der Waals surface area contributed by atoms with Crippen molar-refractivity contribution in [2.45, 2.75) is 89.6 Å². The van der Waals surface area contributed by atoms with E-state index in [1.807, 2.05) is 58.0 Å². The average molecular weight is 593 g/mol. The molecule has 1 aliphatic heterocycles. The third-order valence-electron chi connectivity index (χ3n) is 8.26. The zero-order chi connectivity index (χ0) is 31.4. The minimum atomic E-state index is -0.885. The van der Waals surface area contributed by atoms with Crippen molar-refractivity contribution in [3.8, 4) is 0 Å². The van der Waals surface area contributed by atoms with Gasteiger partial charge in [0.25, 0.3) is 5.91 Å². The maximum absolute atomic E-state index is 13.1. The molecule has 1 aromatic carbocycles. The first-order chi connectivity index (χ1) is 20.0. The van der Waals surface area contributed by atoms with E-state index in [0.29, 0.717) is 13.0 Å². The number of ether oxygens (including phenoxy) is 4. The number of nitrogens with zero attached hydrogens (tertiary/aromatic N) is 1. The van der Waals surface area contributed by atoms with Gasteiger partial charge in [-0.25, -0.2) is 0 Å². The van der Waals surface area contributed by atoms with Crippen molar-refractivity contribution in [3.05, 3.63) is 35.9 Å². The van der Waals surface area contributed by atoms with Gasteiger partial charge in [0, 0.05) is 41.5 Å². The van der Waals surface area contributed by atoms with Crippen LogP contribution in [0.5, 0.6) is 0 Å². The highest BCUT2D eigenvalue weighted by Crippen LogP contribution is 2.27. The number of benzene rings is 1. The van der Waals surface area contributed by atoms with Crippen molar-refractivity contribution < 1.29 is 33.3 Å². The number of hydrogen-bond acceptors (Lipinski definition) is 8. The Kier molecular flexibility index (Phi) is 14.9. The molecule has 0 saturated carbocycles. The van der Waals surface area contributed by atoms with Gasteiger partial charge in [0.15, 0.2) is 6.10 Å². The van der Waals surface area contributed by atoms with Crippen LogP contribution in [0, 0.1) is 11.8 Å². The van der Waals surface area contributed by atoms with Gasteiger partial charge < -0.3 is 40.2 Å². The molecule has 1 fully saturated rings. The Morgan fingerprint density at radius 2 is 1.67 bits per heavy atom. The first-order valence-electron chi connectivity index (χ1n) is 14.8. The molecule has 42 heavy (non-hydrogen) atoms. The molecule has 0 spiro atoms. The maximum Gasteiger partial charge on any atom is 0.251 e. The van der Waals surface area contributed by atoms with Crippen molar-refractivity contribution in [2.24, 2.45) is 17.6 Å². The number of carbonyl (C=O) groups is 3. The van der Waals surface area contributed by atoms with Crippen molar-refractivity contribution in [1.82, 2.24) is 15.5 Å². The van der Waals surface area contributed by atoms with Crippen LogP contribution in [-0.4, -0.2) is 107 Å². The van der Waals surface area contributed by atoms with Crippen molar-refractivity contribution in [3.63, 3.8) is 0 Å². The van der Waals surface area contributed by atoms with Crippen LogP contribution in [0.4, 0.5) is 0 Å². The van der Waals surface area contributed by atoms with Gasteiger partial charge >= 0.3 is 0 Å². The summed E-state index contributed by atoms with van der Waals surface area (Å²) in [5, 5.41) is 5.82. The lowest BCUT2D eigenvalue weighted by atomic mass is 9.90. The lowest BCUT2D eigenvalue weighted by Gasteiger charge is -2.39. The molecule has 238 valence electrons. The van der Waals surface area contributed by atoms with E-state index in [1.165, 1.54) is 14.2 Å². The molecule has 1 aromatic rings. The molecule has 1 aliphatic rings. The van der Waals surface area contributed by atoms with Crippen LogP contribution in [0.15, 0.2) is 30.3 Å². The van der Waals surface area contributed by atoms with Gasteiger partial charge in [-0.1, -0.05) is 64.4 Å². The molecule has 4 N–H and O–H groups in total. The third-order valence-corrected chi connectivity index (χ3v) is 8.26. The predicted octanol–water partition coefficient (Wildman–Crippen LogP) is 1.52. The molecule has 1 saturated heterocycles. The summed E-state index contributed by atoms with van der Waals surface area (Å²) in [6, 6.07) is 8.88. The molecule has 0 aliphatic carbocycles. The Morgan fingerprint density at radius 3 is 2.21 bits per heavy atom. The number of carbonyl (C=O) groups excluding carboxylic acids is 3. The Labute approximate surface area is 251 Å². The molecule has 3 amide bonds. The zero-order valence-corrected chi connectivity index (χ0v) is 26.5. The second kappa shape index (κ2) is 17.5. The standard InChI is InChI=1S/C31H52N4O7/c1-9-20(4)26(35(5)31(38)25(32)19(2)3)22(39-6)17-24(36)34-18-23-27(40-7)28(41-8)29(42-23)30(37)33-16-15-21-13-11-10-12-14-21/h10-14,19-20,22-23,25-29H,9,15-18,32H2,1-8H3,(H,33,37)(H,34,36)/t20-,22+,23+,25-,26?,27+,28-,29?/m0/s1. The first kappa shape index (κ1) is 35.6. The van der Waals surface area contributed by atoms with Crippen LogP contribution in [0.25, 0.3) is 0 Å². The topological polar surface area (TPSA) is 141 Å². The second-order valence-corrected chi connectivity index (χ2v) is 11.4. The van der Waals surface area contributed by atoms with Crippen molar-refractivity contribution in [2.75, 3.05) is 41.5 Å². The van der Waals surface area contributed by atoms with Crippen LogP contribution in [0.3, 0.4) is 0 Å². The van der Waals surface area contributed by atoms with Crippen LogP contribution in [0.1, 0.15) is 46.1 Å². The summed E-state index contributed by atoms with van der Waals surface area (Å²) >= 11 is 0. The minimum Gasteiger partial charge on any atom is -0.379 e. The molecular formula is C31H52N4O7. The number of rotatable bonds is 17. The van der Waals surface area contributed by atoms with Gasteiger partial charge in [-0.3, -0.25) is 14.4 Å². The quantitative estimate of drug-likeness (QED) is 0.247. The van der Waals surface area contributed by atoms with Crippen molar-refractivity contribution >= 4 is 17.7 Å². The third kappa shape index (κ3) is 9.47. The van der Waals surface area contributed by atoms with E-state index in [-0.39, 0.29) is 48.6 Å². The van der Waals surface area contributed by atoms with E-state index in [9.17, 15) is 14.4 Å². The molecule has 8 atom stereocenters. The highest BCUT2D eigenvalue weighted by Gasteiger charge is 2.48. The normalized spacial score (nSPS) is 23.2. The van der Waals surface area contributed by atoms with Crippen LogP contribution >= 0.6 is 0 Å². The SMILES string of the molecule is CC[C@H](C)C([C@@H](CC(=O)NC[C@H]1OC(C(=O)NCCc2ccccc2)[C@@H](OC)[C@@H]1OC)OC)N(C)C(=O)[C@@H](N)C(C)C. The molecule has 0 aromatic heterocycles.